The number of alkyl halides is 1. The molecule has 0 saturated heterocycles. The minimum atomic E-state index is -3.54. The number of halogens is 1. The molecule has 0 aliphatic heterocycles. The van der Waals surface area contributed by atoms with Gasteiger partial charge < -0.3 is 5.11 Å². The molecule has 0 bridgehead atoms. The van der Waals surface area contributed by atoms with Gasteiger partial charge in [0.05, 0.1) is 4.90 Å². The maximum absolute atomic E-state index is 12.3. The van der Waals surface area contributed by atoms with Gasteiger partial charge >= 0.3 is 0 Å². The van der Waals surface area contributed by atoms with E-state index in [2.05, 4.69) is 4.72 Å². The number of aliphatic hydroxyl groups excluding tert-OH is 1. The molecular weight excluding hydrogens is 286 g/mol. The van der Waals surface area contributed by atoms with Gasteiger partial charge in [0.15, 0.2) is 0 Å². The Balaban J connectivity index is 2.17. The summed E-state index contributed by atoms with van der Waals surface area (Å²) in [6, 6.07) is 6.44. The third kappa shape index (κ3) is 3.48. The van der Waals surface area contributed by atoms with Gasteiger partial charge in [0.1, 0.15) is 0 Å². The molecule has 2 N–H and O–H groups in total. The average molecular weight is 304 g/mol. The van der Waals surface area contributed by atoms with E-state index in [4.69, 9.17) is 11.6 Å². The van der Waals surface area contributed by atoms with E-state index in [0.29, 0.717) is 0 Å². The first-order valence-corrected chi connectivity index (χ1v) is 8.36. The summed E-state index contributed by atoms with van der Waals surface area (Å²) in [6.45, 7) is 0.0227. The van der Waals surface area contributed by atoms with Crippen LogP contribution in [0.5, 0.6) is 0 Å². The number of hydrogen-bond acceptors (Lipinski definition) is 3. The second-order valence-electron chi connectivity index (χ2n) is 4.88. The third-order valence-corrected chi connectivity index (χ3v) is 5.36. The summed E-state index contributed by atoms with van der Waals surface area (Å²) in [5.41, 5.74) is 0.773. The minimum absolute atomic E-state index is 0.0194. The van der Waals surface area contributed by atoms with Crippen LogP contribution in [0.4, 0.5) is 0 Å². The minimum Gasteiger partial charge on any atom is -0.396 e. The maximum Gasteiger partial charge on any atom is 0.240 e. The van der Waals surface area contributed by atoms with Crippen LogP contribution in [-0.2, 0) is 15.9 Å². The Morgan fingerprint density at radius 3 is 2.84 bits per heavy atom. The largest absolute Gasteiger partial charge is 0.396 e. The van der Waals surface area contributed by atoms with Crippen LogP contribution in [0.3, 0.4) is 0 Å². The number of hydrogen-bond donors (Lipinski definition) is 2. The first-order chi connectivity index (χ1) is 9.06. The van der Waals surface area contributed by atoms with E-state index in [1.807, 2.05) is 0 Å². The van der Waals surface area contributed by atoms with Crippen LogP contribution in [0.2, 0.25) is 0 Å². The molecule has 2 atom stereocenters. The summed E-state index contributed by atoms with van der Waals surface area (Å²) in [5, 5.41) is 9.23. The molecule has 106 valence electrons. The van der Waals surface area contributed by atoms with Gasteiger partial charge in [-0.05, 0) is 36.5 Å². The van der Waals surface area contributed by atoms with Crippen LogP contribution in [0.15, 0.2) is 29.2 Å². The van der Waals surface area contributed by atoms with Gasteiger partial charge in [-0.15, -0.1) is 11.6 Å². The highest BCUT2D eigenvalue weighted by Gasteiger charge is 2.30. The molecule has 4 nitrogen and oxygen atoms in total. The van der Waals surface area contributed by atoms with Crippen molar-refractivity contribution >= 4 is 21.6 Å². The fourth-order valence-corrected chi connectivity index (χ4v) is 4.05. The van der Waals surface area contributed by atoms with E-state index < -0.39 is 10.0 Å². The zero-order valence-electron chi connectivity index (χ0n) is 10.5. The highest BCUT2D eigenvalue weighted by Crippen LogP contribution is 2.26. The van der Waals surface area contributed by atoms with Crippen LogP contribution in [0.1, 0.15) is 24.8 Å². The predicted molar refractivity (Wildman–Crippen MR) is 74.5 cm³/mol. The number of sulfonamides is 1. The summed E-state index contributed by atoms with van der Waals surface area (Å²) in [4.78, 5) is 0.231. The van der Waals surface area contributed by atoms with Crippen molar-refractivity contribution in [1.29, 1.82) is 0 Å². The fourth-order valence-electron chi connectivity index (χ4n) is 2.47. The molecule has 0 radical (unpaired) electrons. The van der Waals surface area contributed by atoms with Crippen molar-refractivity contribution in [3.8, 4) is 0 Å². The quantitative estimate of drug-likeness (QED) is 0.816. The lowest BCUT2D eigenvalue weighted by molar-refractivity contribution is 0.213. The number of nitrogens with one attached hydrogen (secondary N) is 1. The Morgan fingerprint density at radius 2 is 2.16 bits per heavy atom. The fraction of sp³-hybridized carbons (Fsp3) is 0.538. The third-order valence-electron chi connectivity index (χ3n) is 3.56. The molecule has 0 heterocycles. The Hall–Kier alpha value is -0.620. The highest BCUT2D eigenvalue weighted by molar-refractivity contribution is 7.89. The summed E-state index contributed by atoms with van der Waals surface area (Å²) < 4.78 is 27.3. The number of rotatable bonds is 5. The van der Waals surface area contributed by atoms with E-state index in [-0.39, 0.29) is 29.3 Å². The molecule has 2 unspecified atom stereocenters. The molecular formula is C13H18ClNO3S. The Kier molecular flexibility index (Phi) is 4.84. The van der Waals surface area contributed by atoms with Crippen molar-refractivity contribution in [3.63, 3.8) is 0 Å². The van der Waals surface area contributed by atoms with Gasteiger partial charge in [0.25, 0.3) is 0 Å². The highest BCUT2D eigenvalue weighted by atomic mass is 35.5. The van der Waals surface area contributed by atoms with Crippen LogP contribution in [-0.4, -0.2) is 26.2 Å². The van der Waals surface area contributed by atoms with Crippen LogP contribution >= 0.6 is 11.6 Å². The molecule has 0 amide bonds. The molecule has 1 aliphatic carbocycles. The van der Waals surface area contributed by atoms with E-state index >= 15 is 0 Å². The molecule has 19 heavy (non-hydrogen) atoms. The average Bonchev–Trinajstić information content (AvgIpc) is 2.85. The smallest absolute Gasteiger partial charge is 0.240 e. The molecule has 0 aromatic heterocycles. The van der Waals surface area contributed by atoms with Gasteiger partial charge in [-0.3, -0.25) is 0 Å². The first-order valence-electron chi connectivity index (χ1n) is 6.35. The van der Waals surface area contributed by atoms with Gasteiger partial charge in [-0.2, -0.15) is 0 Å². The van der Waals surface area contributed by atoms with Gasteiger partial charge in [0, 0.05) is 18.5 Å². The Bertz CT molecular complexity index is 532. The standard InChI is InChI=1S/C13H18ClNO3S/c14-8-10-3-1-5-12(7-10)19(17,18)15-13-6-2-4-11(13)9-16/h1,3,5,7,11,13,15-16H,2,4,6,8-9H2. The molecule has 1 aromatic carbocycles. The van der Waals surface area contributed by atoms with Crippen LogP contribution < -0.4 is 4.72 Å². The van der Waals surface area contributed by atoms with E-state index in [0.717, 1.165) is 24.8 Å². The Labute approximate surface area is 118 Å². The van der Waals surface area contributed by atoms with Crippen molar-refractivity contribution in [2.75, 3.05) is 6.61 Å². The van der Waals surface area contributed by atoms with Crippen molar-refractivity contribution in [2.24, 2.45) is 5.92 Å². The molecule has 1 aromatic rings. The Morgan fingerprint density at radius 1 is 1.37 bits per heavy atom. The summed E-state index contributed by atoms with van der Waals surface area (Å²) >= 11 is 5.72. The monoisotopic (exact) mass is 303 g/mol. The van der Waals surface area contributed by atoms with Gasteiger partial charge in [-0.25, -0.2) is 13.1 Å². The SMILES string of the molecule is O=S(=O)(NC1CCCC1CO)c1cccc(CCl)c1. The van der Waals surface area contributed by atoms with Crippen molar-refractivity contribution in [2.45, 2.75) is 36.1 Å². The second-order valence-corrected chi connectivity index (χ2v) is 6.86. The van der Waals surface area contributed by atoms with Crippen molar-refractivity contribution in [3.05, 3.63) is 29.8 Å². The molecule has 6 heteroatoms. The molecule has 2 rings (SSSR count). The molecule has 1 fully saturated rings. The lowest BCUT2D eigenvalue weighted by Gasteiger charge is -2.19. The second kappa shape index (κ2) is 6.22. The summed E-state index contributed by atoms with van der Waals surface area (Å²) in [5.74, 6) is 0.303. The van der Waals surface area contributed by atoms with Crippen molar-refractivity contribution < 1.29 is 13.5 Å². The topological polar surface area (TPSA) is 66.4 Å². The van der Waals surface area contributed by atoms with Crippen LogP contribution in [0.25, 0.3) is 0 Å². The van der Waals surface area contributed by atoms with Crippen LogP contribution in [0, 0.1) is 5.92 Å². The van der Waals surface area contributed by atoms with E-state index in [1.165, 1.54) is 0 Å². The normalized spacial score (nSPS) is 23.7. The zero-order valence-corrected chi connectivity index (χ0v) is 12.1. The number of benzene rings is 1. The molecule has 1 aliphatic rings. The number of aliphatic hydroxyl groups is 1. The zero-order chi connectivity index (χ0) is 13.9. The molecule has 0 spiro atoms. The van der Waals surface area contributed by atoms with Gasteiger partial charge in [-0.1, -0.05) is 18.6 Å². The summed E-state index contributed by atoms with van der Waals surface area (Å²) in [7, 11) is -3.54. The maximum atomic E-state index is 12.3. The lowest BCUT2D eigenvalue weighted by Crippen LogP contribution is -2.38. The summed E-state index contributed by atoms with van der Waals surface area (Å²) in [6.07, 6.45) is 2.59. The predicted octanol–water partition coefficient (Wildman–Crippen LogP) is 1.86. The molecule has 1 saturated carbocycles. The van der Waals surface area contributed by atoms with Crippen molar-refractivity contribution in [1.82, 2.24) is 4.72 Å². The van der Waals surface area contributed by atoms with E-state index in [1.54, 1.807) is 24.3 Å². The first kappa shape index (κ1) is 14.8. The lowest BCUT2D eigenvalue weighted by atomic mass is 10.1. The van der Waals surface area contributed by atoms with Gasteiger partial charge in [0.2, 0.25) is 10.0 Å². The van der Waals surface area contributed by atoms with E-state index in [9.17, 15) is 13.5 Å².